The first-order valence-electron chi connectivity index (χ1n) is 14.1. The molecule has 0 saturated carbocycles. The number of amides is 2. The Balaban J connectivity index is 1.33. The third kappa shape index (κ3) is 6.22. The molecule has 1 aliphatic heterocycles. The Kier molecular flexibility index (Phi) is 8.59. The molecule has 1 heterocycles. The Morgan fingerprint density at radius 1 is 0.854 bits per heavy atom. The van der Waals surface area contributed by atoms with Gasteiger partial charge in [0.25, 0.3) is 11.8 Å². The summed E-state index contributed by atoms with van der Waals surface area (Å²) in [7, 11) is 0. The fourth-order valence-corrected chi connectivity index (χ4v) is 5.54. The van der Waals surface area contributed by atoms with Crippen molar-refractivity contribution < 1.29 is 19.1 Å². The lowest BCUT2D eigenvalue weighted by molar-refractivity contribution is -0.143. The molecule has 0 radical (unpaired) electrons. The first-order valence-corrected chi connectivity index (χ1v) is 14.1. The van der Waals surface area contributed by atoms with Crippen molar-refractivity contribution in [1.82, 2.24) is 0 Å². The summed E-state index contributed by atoms with van der Waals surface area (Å²) in [4.78, 5) is 41.0. The number of fused-ring (bicyclic) bond motifs is 1. The minimum absolute atomic E-state index is 0.00295. The van der Waals surface area contributed by atoms with E-state index in [0.717, 1.165) is 40.8 Å². The molecule has 4 aromatic rings. The number of benzene rings is 4. The Labute approximate surface area is 241 Å². The maximum Gasteiger partial charge on any atom is 0.306 e. The van der Waals surface area contributed by atoms with E-state index < -0.39 is 0 Å². The smallest absolute Gasteiger partial charge is 0.306 e. The maximum atomic E-state index is 13.7. The third-order valence-electron chi connectivity index (χ3n) is 7.56. The number of ether oxygens (including phenoxy) is 1. The van der Waals surface area contributed by atoms with Gasteiger partial charge in [-0.05, 0) is 91.3 Å². The van der Waals surface area contributed by atoms with Crippen molar-refractivity contribution in [2.24, 2.45) is 0 Å². The average molecular weight is 547 g/mol. The number of carbonyl (C=O) groups excluding carboxylic acids is 3. The van der Waals surface area contributed by atoms with Crippen LogP contribution in [0.5, 0.6) is 0 Å². The largest absolute Gasteiger partial charge is 0.466 e. The summed E-state index contributed by atoms with van der Waals surface area (Å²) in [6.45, 7) is 4.75. The van der Waals surface area contributed by atoms with Crippen LogP contribution in [0.2, 0.25) is 0 Å². The molecule has 0 aliphatic carbocycles. The van der Waals surface area contributed by atoms with E-state index in [9.17, 15) is 14.4 Å². The van der Waals surface area contributed by atoms with Crippen LogP contribution in [0, 0.1) is 6.92 Å². The zero-order valence-corrected chi connectivity index (χ0v) is 23.4. The van der Waals surface area contributed by atoms with E-state index >= 15 is 0 Å². The van der Waals surface area contributed by atoms with Gasteiger partial charge in [-0.15, -0.1) is 0 Å². The Morgan fingerprint density at radius 3 is 2.29 bits per heavy atom. The van der Waals surface area contributed by atoms with Crippen LogP contribution < -0.4 is 10.2 Å². The minimum Gasteiger partial charge on any atom is -0.466 e. The van der Waals surface area contributed by atoms with E-state index in [1.807, 2.05) is 79.7 Å². The number of hydrogen-bond donors (Lipinski definition) is 1. The van der Waals surface area contributed by atoms with Gasteiger partial charge in [0.1, 0.15) is 0 Å². The van der Waals surface area contributed by atoms with E-state index in [2.05, 4.69) is 5.32 Å². The Hall–Kier alpha value is -4.71. The lowest BCUT2D eigenvalue weighted by Gasteiger charge is -2.24. The van der Waals surface area contributed by atoms with E-state index in [1.165, 1.54) is 0 Å². The fraction of sp³-hybridized carbons (Fsp3) is 0.229. The number of aryl methyl sites for hydroxylation is 1. The highest BCUT2D eigenvalue weighted by atomic mass is 16.5. The molecule has 0 spiro atoms. The van der Waals surface area contributed by atoms with Crippen molar-refractivity contribution in [2.75, 3.05) is 23.4 Å². The first kappa shape index (κ1) is 27.8. The Morgan fingerprint density at radius 2 is 1.54 bits per heavy atom. The highest BCUT2D eigenvalue weighted by Crippen LogP contribution is 2.37. The summed E-state index contributed by atoms with van der Waals surface area (Å²) in [5.41, 5.74) is 6.52. The monoisotopic (exact) mass is 546 g/mol. The second-order valence-electron chi connectivity index (χ2n) is 10.3. The molecular weight excluding hydrogens is 512 g/mol. The predicted octanol–water partition coefficient (Wildman–Crippen LogP) is 7.39. The lowest BCUT2D eigenvalue weighted by atomic mass is 9.91. The number of hydrogen-bond acceptors (Lipinski definition) is 4. The van der Waals surface area contributed by atoms with Crippen LogP contribution in [0.15, 0.2) is 97.1 Å². The van der Waals surface area contributed by atoms with Gasteiger partial charge in [-0.1, -0.05) is 60.7 Å². The number of anilines is 2. The zero-order valence-electron chi connectivity index (χ0n) is 23.4. The quantitative estimate of drug-likeness (QED) is 0.245. The van der Waals surface area contributed by atoms with Gasteiger partial charge in [0.05, 0.1) is 13.0 Å². The van der Waals surface area contributed by atoms with Crippen molar-refractivity contribution in [2.45, 2.75) is 39.0 Å². The zero-order chi connectivity index (χ0) is 28.8. The van der Waals surface area contributed by atoms with Crippen LogP contribution in [-0.4, -0.2) is 30.9 Å². The van der Waals surface area contributed by atoms with Crippen LogP contribution >= 0.6 is 0 Å². The average Bonchev–Trinajstić information content (AvgIpc) is 3.17. The van der Waals surface area contributed by atoms with Crippen molar-refractivity contribution in [3.63, 3.8) is 0 Å². The highest BCUT2D eigenvalue weighted by Gasteiger charge is 2.28. The normalized spacial score (nSPS) is 14.5. The molecule has 208 valence electrons. The summed E-state index contributed by atoms with van der Waals surface area (Å²) >= 11 is 0. The van der Waals surface area contributed by atoms with Crippen molar-refractivity contribution in [1.29, 1.82) is 0 Å². The van der Waals surface area contributed by atoms with Gasteiger partial charge < -0.3 is 15.0 Å². The number of nitrogens with zero attached hydrogens (tertiary/aromatic N) is 1. The molecule has 6 heteroatoms. The van der Waals surface area contributed by atoms with E-state index in [4.69, 9.17) is 4.74 Å². The van der Waals surface area contributed by atoms with Crippen molar-refractivity contribution in [3.8, 4) is 11.1 Å². The predicted molar refractivity (Wildman–Crippen MR) is 162 cm³/mol. The first-order chi connectivity index (χ1) is 20.0. The molecule has 1 N–H and O–H groups in total. The van der Waals surface area contributed by atoms with E-state index in [1.54, 1.807) is 36.1 Å². The van der Waals surface area contributed by atoms with Crippen LogP contribution in [0.25, 0.3) is 11.1 Å². The molecule has 2 amide bonds. The number of nitrogens with one attached hydrogen (secondary N) is 1. The highest BCUT2D eigenvalue weighted by molar-refractivity contribution is 6.10. The molecule has 0 fully saturated rings. The minimum atomic E-state index is -0.216. The van der Waals surface area contributed by atoms with Gasteiger partial charge in [0, 0.05) is 29.0 Å². The molecule has 1 unspecified atom stereocenters. The second-order valence-corrected chi connectivity index (χ2v) is 10.3. The second kappa shape index (κ2) is 12.6. The topological polar surface area (TPSA) is 75.7 Å². The van der Waals surface area contributed by atoms with Crippen LogP contribution in [-0.2, 0) is 9.53 Å². The standard InChI is InChI=1S/C35H34N2O4/c1-3-41-33(38)23-26-12-10-22-37(32-17-9-8-14-29(26)32)35(40)25-18-20-27(21-19-25)36-34(39)31-16-7-6-15-30(31)28-13-5-4-11-24(28)2/h4-9,11,13-21,26H,3,10,12,22-23H2,1-2H3,(H,36,39). The molecule has 0 aromatic heterocycles. The summed E-state index contributed by atoms with van der Waals surface area (Å²) in [5.74, 6) is -0.538. The van der Waals surface area contributed by atoms with Crippen molar-refractivity contribution in [3.05, 3.63) is 119 Å². The van der Waals surface area contributed by atoms with Gasteiger partial charge in [0.2, 0.25) is 0 Å². The summed E-state index contributed by atoms with van der Waals surface area (Å²) in [5, 5.41) is 2.99. The number of carbonyl (C=O) groups is 3. The molecular formula is C35H34N2O4. The summed E-state index contributed by atoms with van der Waals surface area (Å²) < 4.78 is 5.20. The molecule has 6 nitrogen and oxygen atoms in total. The van der Waals surface area contributed by atoms with Gasteiger partial charge in [0.15, 0.2) is 0 Å². The molecule has 0 bridgehead atoms. The van der Waals surface area contributed by atoms with Crippen LogP contribution in [0.4, 0.5) is 11.4 Å². The number of para-hydroxylation sites is 1. The summed E-state index contributed by atoms with van der Waals surface area (Å²) in [6.07, 6.45) is 1.88. The molecule has 1 atom stereocenters. The van der Waals surface area contributed by atoms with E-state index in [-0.39, 0.29) is 23.7 Å². The molecule has 0 saturated heterocycles. The molecule has 1 aliphatic rings. The van der Waals surface area contributed by atoms with Crippen LogP contribution in [0.3, 0.4) is 0 Å². The fourth-order valence-electron chi connectivity index (χ4n) is 5.54. The van der Waals surface area contributed by atoms with Gasteiger partial charge in [-0.2, -0.15) is 0 Å². The van der Waals surface area contributed by atoms with Crippen molar-refractivity contribution >= 4 is 29.2 Å². The Bertz CT molecular complexity index is 1560. The van der Waals surface area contributed by atoms with Gasteiger partial charge in [-0.3, -0.25) is 14.4 Å². The molecule has 4 aromatic carbocycles. The van der Waals surface area contributed by atoms with Crippen LogP contribution in [0.1, 0.15) is 63.9 Å². The van der Waals surface area contributed by atoms with Gasteiger partial charge >= 0.3 is 5.97 Å². The number of esters is 1. The molecule has 5 rings (SSSR count). The third-order valence-corrected chi connectivity index (χ3v) is 7.56. The number of rotatable bonds is 7. The van der Waals surface area contributed by atoms with E-state index in [0.29, 0.717) is 36.4 Å². The maximum absolute atomic E-state index is 13.7. The molecule has 41 heavy (non-hydrogen) atoms. The lowest BCUT2D eigenvalue weighted by Crippen LogP contribution is -2.31. The summed E-state index contributed by atoms with van der Waals surface area (Å²) in [6, 6.07) is 30.4. The SMILES string of the molecule is CCOC(=O)CC1CCCN(C(=O)c2ccc(NC(=O)c3ccccc3-c3ccccc3C)cc2)c2ccccc21. The van der Waals surface area contributed by atoms with Gasteiger partial charge in [-0.25, -0.2) is 0 Å².